The molecule has 1 aromatic heterocycles. The highest BCUT2D eigenvalue weighted by Gasteiger charge is 2.40. The predicted molar refractivity (Wildman–Crippen MR) is 68.2 cm³/mol. The number of carboxylic acids is 1. The zero-order valence-electron chi connectivity index (χ0n) is 10.5. The van der Waals surface area contributed by atoms with E-state index in [4.69, 9.17) is 14.6 Å². The van der Waals surface area contributed by atoms with Crippen LogP contribution in [0.4, 0.5) is 0 Å². The Morgan fingerprint density at radius 3 is 3.00 bits per heavy atom. The van der Waals surface area contributed by atoms with E-state index in [-0.39, 0.29) is 5.01 Å². The molecule has 0 bridgehead atoms. The molecular weight excluding hydrogens is 268 g/mol. The summed E-state index contributed by atoms with van der Waals surface area (Å²) < 4.78 is 11.4. The first-order chi connectivity index (χ1) is 9.17. The van der Waals surface area contributed by atoms with Crippen molar-refractivity contribution in [3.05, 3.63) is 16.1 Å². The third-order valence-corrected chi connectivity index (χ3v) is 4.31. The number of thiazole rings is 1. The molecule has 1 aromatic rings. The minimum absolute atomic E-state index is 0.148. The zero-order valence-corrected chi connectivity index (χ0v) is 11.3. The molecule has 0 atom stereocenters. The third-order valence-electron chi connectivity index (χ3n) is 3.43. The van der Waals surface area contributed by atoms with Crippen LogP contribution >= 0.6 is 11.3 Å². The van der Waals surface area contributed by atoms with Crippen molar-refractivity contribution in [2.24, 2.45) is 0 Å². The van der Waals surface area contributed by atoms with E-state index in [1.165, 1.54) is 11.3 Å². The summed E-state index contributed by atoms with van der Waals surface area (Å²) in [6.45, 7) is 3.67. The van der Waals surface area contributed by atoms with Gasteiger partial charge in [-0.25, -0.2) is 9.78 Å². The van der Waals surface area contributed by atoms with Crippen molar-refractivity contribution in [3.63, 3.8) is 0 Å². The van der Waals surface area contributed by atoms with E-state index >= 15 is 0 Å². The molecule has 1 spiro atoms. The van der Waals surface area contributed by atoms with Gasteiger partial charge in [-0.2, -0.15) is 0 Å². The van der Waals surface area contributed by atoms with Gasteiger partial charge in [-0.3, -0.25) is 4.90 Å². The van der Waals surface area contributed by atoms with E-state index in [0.717, 1.165) is 31.6 Å². The Balaban J connectivity index is 1.64. The van der Waals surface area contributed by atoms with Gasteiger partial charge >= 0.3 is 5.97 Å². The molecule has 7 heteroatoms. The van der Waals surface area contributed by atoms with Gasteiger partial charge in [0.1, 0.15) is 0 Å². The minimum atomic E-state index is -0.964. The van der Waals surface area contributed by atoms with Gasteiger partial charge in [0.15, 0.2) is 5.79 Å². The monoisotopic (exact) mass is 284 g/mol. The molecule has 6 nitrogen and oxygen atoms in total. The van der Waals surface area contributed by atoms with Crippen LogP contribution in [0.2, 0.25) is 0 Å². The van der Waals surface area contributed by atoms with Gasteiger partial charge in [0.25, 0.3) is 0 Å². The molecule has 0 saturated carbocycles. The Hall–Kier alpha value is -1.02. The number of hydrogen-bond donors (Lipinski definition) is 1. The zero-order chi connectivity index (χ0) is 13.3. The quantitative estimate of drug-likeness (QED) is 0.898. The molecule has 0 radical (unpaired) electrons. The van der Waals surface area contributed by atoms with Gasteiger partial charge in [0.2, 0.25) is 5.01 Å². The number of aromatic nitrogens is 1. The molecule has 2 aliphatic heterocycles. The van der Waals surface area contributed by atoms with Crippen molar-refractivity contribution in [1.82, 2.24) is 9.88 Å². The lowest BCUT2D eigenvalue weighted by Crippen LogP contribution is -2.48. The predicted octanol–water partition coefficient (Wildman–Crippen LogP) is 1.18. The van der Waals surface area contributed by atoms with Crippen molar-refractivity contribution in [3.8, 4) is 0 Å². The number of hydrogen-bond acceptors (Lipinski definition) is 6. The summed E-state index contributed by atoms with van der Waals surface area (Å²) in [6.07, 6.45) is 1.96. The average Bonchev–Trinajstić information content (AvgIpc) is 3.00. The van der Waals surface area contributed by atoms with Gasteiger partial charge in [-0.15, -0.1) is 11.3 Å². The normalized spacial score (nSPS) is 22.9. The Kier molecular flexibility index (Phi) is 3.53. The Morgan fingerprint density at radius 2 is 2.32 bits per heavy atom. The van der Waals surface area contributed by atoms with E-state index in [1.54, 1.807) is 5.38 Å². The Bertz CT molecular complexity index is 470. The fourth-order valence-electron chi connectivity index (χ4n) is 2.65. The second kappa shape index (κ2) is 5.16. The first-order valence-corrected chi connectivity index (χ1v) is 7.23. The molecule has 0 amide bonds. The number of aromatic carboxylic acids is 1. The number of likely N-dealkylation sites (tertiary alicyclic amines) is 1. The lowest BCUT2D eigenvalue weighted by Gasteiger charge is -2.38. The molecule has 0 aliphatic carbocycles. The fourth-order valence-corrected chi connectivity index (χ4v) is 3.29. The highest BCUT2D eigenvalue weighted by molar-refractivity contribution is 7.11. The number of carboxylic acid groups (broad SMARTS) is 1. The Morgan fingerprint density at radius 1 is 1.53 bits per heavy atom. The van der Waals surface area contributed by atoms with E-state index in [1.807, 2.05) is 0 Å². The highest BCUT2D eigenvalue weighted by Crippen LogP contribution is 2.30. The average molecular weight is 284 g/mol. The van der Waals surface area contributed by atoms with Crippen LogP contribution in [-0.2, 0) is 16.0 Å². The summed E-state index contributed by atoms with van der Waals surface area (Å²) in [5.74, 6) is -1.40. The smallest absolute Gasteiger partial charge is 0.365 e. The lowest BCUT2D eigenvalue weighted by atomic mass is 10.0. The van der Waals surface area contributed by atoms with Gasteiger partial charge in [-0.05, 0) is 13.0 Å². The summed E-state index contributed by atoms with van der Waals surface area (Å²) in [7, 11) is 0. The standard InChI is InChI=1S/C12H16N2O4S/c15-11(16)10-13-9(7-19-10)6-14-3-1-2-12(8-14)17-4-5-18-12/h7H,1-6,8H2,(H,15,16). The van der Waals surface area contributed by atoms with Gasteiger partial charge in [-0.1, -0.05) is 0 Å². The van der Waals surface area contributed by atoms with Crippen molar-refractivity contribution in [1.29, 1.82) is 0 Å². The number of rotatable bonds is 3. The lowest BCUT2D eigenvalue weighted by molar-refractivity contribution is -0.190. The van der Waals surface area contributed by atoms with E-state index < -0.39 is 11.8 Å². The van der Waals surface area contributed by atoms with E-state index in [9.17, 15) is 4.79 Å². The Labute approximate surface area is 115 Å². The summed E-state index contributed by atoms with van der Waals surface area (Å²) in [4.78, 5) is 17.1. The topological polar surface area (TPSA) is 71.9 Å². The van der Waals surface area contributed by atoms with Crippen molar-refractivity contribution in [2.45, 2.75) is 25.2 Å². The largest absolute Gasteiger partial charge is 0.476 e. The molecule has 19 heavy (non-hydrogen) atoms. The summed E-state index contributed by atoms with van der Waals surface area (Å²) in [5, 5.41) is 10.8. The SMILES string of the molecule is O=C(O)c1nc(CN2CCCC3(C2)OCCO3)cs1. The maximum atomic E-state index is 10.8. The van der Waals surface area contributed by atoms with Gasteiger partial charge in [0, 0.05) is 18.3 Å². The molecule has 0 unspecified atom stereocenters. The molecule has 2 fully saturated rings. The molecule has 0 aromatic carbocycles. The van der Waals surface area contributed by atoms with Gasteiger partial charge < -0.3 is 14.6 Å². The minimum Gasteiger partial charge on any atom is -0.476 e. The van der Waals surface area contributed by atoms with Crippen LogP contribution < -0.4 is 0 Å². The van der Waals surface area contributed by atoms with E-state index in [0.29, 0.717) is 19.8 Å². The van der Waals surface area contributed by atoms with Crippen molar-refractivity contribution >= 4 is 17.3 Å². The van der Waals surface area contributed by atoms with E-state index in [2.05, 4.69) is 9.88 Å². The third kappa shape index (κ3) is 2.79. The fraction of sp³-hybridized carbons (Fsp3) is 0.667. The number of ether oxygens (including phenoxy) is 2. The molecule has 2 saturated heterocycles. The second-order valence-electron chi connectivity index (χ2n) is 4.87. The molecule has 3 rings (SSSR count). The van der Waals surface area contributed by atoms with Crippen molar-refractivity contribution in [2.75, 3.05) is 26.3 Å². The summed E-state index contributed by atoms with van der Waals surface area (Å²) >= 11 is 1.17. The highest BCUT2D eigenvalue weighted by atomic mass is 32.1. The summed E-state index contributed by atoms with van der Waals surface area (Å²) in [6, 6.07) is 0. The number of nitrogens with zero attached hydrogens (tertiary/aromatic N) is 2. The molecule has 2 aliphatic rings. The van der Waals surface area contributed by atoms with Crippen LogP contribution in [0.15, 0.2) is 5.38 Å². The molecule has 1 N–H and O–H groups in total. The molecule has 104 valence electrons. The van der Waals surface area contributed by atoms with Crippen LogP contribution in [0, 0.1) is 0 Å². The van der Waals surface area contributed by atoms with Crippen LogP contribution in [-0.4, -0.2) is 53.1 Å². The van der Waals surface area contributed by atoms with Crippen LogP contribution in [0.1, 0.15) is 28.3 Å². The molecule has 3 heterocycles. The van der Waals surface area contributed by atoms with Crippen molar-refractivity contribution < 1.29 is 19.4 Å². The first-order valence-electron chi connectivity index (χ1n) is 6.35. The molecular formula is C12H16N2O4S. The van der Waals surface area contributed by atoms with Crippen LogP contribution in [0.25, 0.3) is 0 Å². The van der Waals surface area contributed by atoms with Crippen LogP contribution in [0.5, 0.6) is 0 Å². The van der Waals surface area contributed by atoms with Gasteiger partial charge in [0.05, 0.1) is 25.5 Å². The number of carbonyl (C=O) groups is 1. The number of piperidine rings is 1. The maximum Gasteiger partial charge on any atom is 0.365 e. The van der Waals surface area contributed by atoms with Crippen LogP contribution in [0.3, 0.4) is 0 Å². The summed E-state index contributed by atoms with van der Waals surface area (Å²) in [5.41, 5.74) is 0.803. The second-order valence-corrected chi connectivity index (χ2v) is 5.73. The first kappa shape index (κ1) is 13.0. The maximum absolute atomic E-state index is 10.8.